The topological polar surface area (TPSA) is 69.7 Å². The van der Waals surface area contributed by atoms with Crippen LogP contribution in [0, 0.1) is 22.7 Å². The maximum Gasteiger partial charge on any atom is 0.342 e. The van der Waals surface area contributed by atoms with Crippen LogP contribution in [0.4, 0.5) is 0 Å². The molecule has 1 heterocycles. The van der Waals surface area contributed by atoms with Gasteiger partial charge in [0.2, 0.25) is 0 Å². The smallest absolute Gasteiger partial charge is 0.342 e. The molecule has 0 aromatic carbocycles. The van der Waals surface area contributed by atoms with Crippen LogP contribution >= 0.6 is 0 Å². The third kappa shape index (κ3) is 2.09. The van der Waals surface area contributed by atoms with Crippen molar-refractivity contribution < 1.29 is 23.9 Å². The molecule has 0 aromatic heterocycles. The second-order valence-corrected chi connectivity index (χ2v) is 7.72. The van der Waals surface area contributed by atoms with Crippen molar-refractivity contribution in [3.05, 3.63) is 11.6 Å². The molecule has 3 aliphatic rings. The van der Waals surface area contributed by atoms with Crippen LogP contribution in [0.15, 0.2) is 11.6 Å². The van der Waals surface area contributed by atoms with Crippen molar-refractivity contribution in [1.82, 2.24) is 0 Å². The lowest BCUT2D eigenvalue weighted by molar-refractivity contribution is -0.165. The van der Waals surface area contributed by atoms with E-state index in [0.717, 1.165) is 12.8 Å². The van der Waals surface area contributed by atoms with Crippen molar-refractivity contribution in [2.75, 3.05) is 0 Å². The molecule has 0 amide bonds. The van der Waals surface area contributed by atoms with Gasteiger partial charge >= 0.3 is 17.9 Å². The number of hydrogen-bond donors (Lipinski definition) is 0. The summed E-state index contributed by atoms with van der Waals surface area (Å²) in [5.41, 5.74) is -0.0148. The molecule has 0 N–H and O–H groups in total. The summed E-state index contributed by atoms with van der Waals surface area (Å²) in [6, 6.07) is 0. The fourth-order valence-electron chi connectivity index (χ4n) is 5.08. The molecule has 4 atom stereocenters. The van der Waals surface area contributed by atoms with Crippen LogP contribution in [-0.2, 0) is 23.9 Å². The monoisotopic (exact) mass is 306 g/mol. The van der Waals surface area contributed by atoms with Crippen molar-refractivity contribution in [2.24, 2.45) is 22.7 Å². The molecule has 2 fully saturated rings. The molecule has 5 nitrogen and oxygen atoms in total. The lowest BCUT2D eigenvalue weighted by atomic mass is 9.48. The standard InChI is InChI=1S/C17H22O5/c1-9(18)21-10-7-16(2,3)12-6-5-11-13(17(12,4)8-10)15(20)22-14(11)19/h5,10,12-13H,6-8H2,1-4H3. The number of rotatable bonds is 1. The van der Waals surface area contributed by atoms with E-state index in [-0.39, 0.29) is 23.4 Å². The summed E-state index contributed by atoms with van der Waals surface area (Å²) in [5, 5.41) is 0. The first kappa shape index (κ1) is 15.3. The number of esters is 3. The summed E-state index contributed by atoms with van der Waals surface area (Å²) in [5.74, 6) is -1.56. The molecule has 22 heavy (non-hydrogen) atoms. The Labute approximate surface area is 130 Å². The SMILES string of the molecule is CC(=O)OC1CC(C)(C)C2CC=C3C(=O)OC(=O)C3C2(C)C1. The van der Waals surface area contributed by atoms with Gasteiger partial charge in [-0.25, -0.2) is 4.79 Å². The van der Waals surface area contributed by atoms with Gasteiger partial charge in [0.05, 0.1) is 5.92 Å². The summed E-state index contributed by atoms with van der Waals surface area (Å²) >= 11 is 0. The van der Waals surface area contributed by atoms with Crippen molar-refractivity contribution in [1.29, 1.82) is 0 Å². The molecule has 1 saturated heterocycles. The number of ether oxygens (including phenoxy) is 2. The summed E-state index contributed by atoms with van der Waals surface area (Å²) < 4.78 is 10.3. The van der Waals surface area contributed by atoms with Gasteiger partial charge in [0.25, 0.3) is 0 Å². The van der Waals surface area contributed by atoms with Gasteiger partial charge in [-0.2, -0.15) is 0 Å². The van der Waals surface area contributed by atoms with E-state index in [2.05, 4.69) is 13.8 Å². The first-order chi connectivity index (χ1) is 10.1. The largest absolute Gasteiger partial charge is 0.463 e. The average Bonchev–Trinajstić information content (AvgIpc) is 2.62. The molecular formula is C17H22O5. The van der Waals surface area contributed by atoms with E-state index >= 15 is 0 Å². The van der Waals surface area contributed by atoms with E-state index in [9.17, 15) is 14.4 Å². The highest BCUT2D eigenvalue weighted by atomic mass is 16.6. The minimum absolute atomic E-state index is 0.0823. The molecule has 0 spiro atoms. The lowest BCUT2D eigenvalue weighted by Gasteiger charge is -2.56. The molecular weight excluding hydrogens is 284 g/mol. The van der Waals surface area contributed by atoms with E-state index in [1.54, 1.807) is 0 Å². The Morgan fingerprint density at radius 1 is 1.27 bits per heavy atom. The molecule has 1 aliphatic heterocycles. The molecule has 120 valence electrons. The third-order valence-electron chi connectivity index (χ3n) is 5.70. The Balaban J connectivity index is 2.02. The van der Waals surface area contributed by atoms with Gasteiger partial charge in [0.1, 0.15) is 6.10 Å². The zero-order valence-corrected chi connectivity index (χ0v) is 13.5. The summed E-state index contributed by atoms with van der Waals surface area (Å²) in [6.07, 6.45) is 3.76. The second-order valence-electron chi connectivity index (χ2n) is 7.72. The third-order valence-corrected chi connectivity index (χ3v) is 5.70. The lowest BCUT2D eigenvalue weighted by Crippen LogP contribution is -2.54. The maximum absolute atomic E-state index is 12.2. The molecule has 3 rings (SSSR count). The number of cyclic esters (lactones) is 2. The Hall–Kier alpha value is -1.65. The molecule has 0 bridgehead atoms. The maximum atomic E-state index is 12.2. The zero-order valence-electron chi connectivity index (χ0n) is 13.5. The van der Waals surface area contributed by atoms with Crippen LogP contribution in [-0.4, -0.2) is 24.0 Å². The normalized spacial score (nSPS) is 39.5. The van der Waals surface area contributed by atoms with Crippen LogP contribution < -0.4 is 0 Å². The zero-order chi connectivity index (χ0) is 16.3. The van der Waals surface area contributed by atoms with Gasteiger partial charge in [-0.15, -0.1) is 0 Å². The summed E-state index contributed by atoms with van der Waals surface area (Å²) in [4.78, 5) is 35.4. The van der Waals surface area contributed by atoms with Crippen molar-refractivity contribution in [3.8, 4) is 0 Å². The van der Waals surface area contributed by atoms with Crippen molar-refractivity contribution in [3.63, 3.8) is 0 Å². The number of fused-ring (bicyclic) bond motifs is 3. The van der Waals surface area contributed by atoms with Gasteiger partial charge in [0.15, 0.2) is 0 Å². The minimum Gasteiger partial charge on any atom is -0.463 e. The van der Waals surface area contributed by atoms with E-state index in [4.69, 9.17) is 9.47 Å². The average molecular weight is 306 g/mol. The second kappa shape index (κ2) is 4.67. The predicted molar refractivity (Wildman–Crippen MR) is 77.5 cm³/mol. The number of hydrogen-bond acceptors (Lipinski definition) is 5. The highest BCUT2D eigenvalue weighted by molar-refractivity contribution is 6.08. The van der Waals surface area contributed by atoms with E-state index in [0.29, 0.717) is 12.0 Å². The molecule has 4 unspecified atom stereocenters. The summed E-state index contributed by atoms with van der Waals surface area (Å²) in [6.45, 7) is 7.73. The van der Waals surface area contributed by atoms with Crippen molar-refractivity contribution in [2.45, 2.75) is 53.1 Å². The Bertz CT molecular complexity index is 588. The molecule has 0 aromatic rings. The minimum atomic E-state index is -0.531. The Kier molecular flexibility index (Phi) is 3.24. The van der Waals surface area contributed by atoms with E-state index in [1.807, 2.05) is 13.0 Å². The fourth-order valence-corrected chi connectivity index (χ4v) is 5.08. The van der Waals surface area contributed by atoms with Crippen molar-refractivity contribution >= 4 is 17.9 Å². The van der Waals surface area contributed by atoms with Crippen LogP contribution in [0.25, 0.3) is 0 Å². The fraction of sp³-hybridized carbons (Fsp3) is 0.706. The Morgan fingerprint density at radius 2 is 1.95 bits per heavy atom. The van der Waals surface area contributed by atoms with E-state index in [1.165, 1.54) is 6.92 Å². The number of carbonyl (C=O) groups excluding carboxylic acids is 3. The summed E-state index contributed by atoms with van der Waals surface area (Å²) in [7, 11) is 0. The van der Waals surface area contributed by atoms with E-state index < -0.39 is 23.3 Å². The predicted octanol–water partition coefficient (Wildman–Crippen LogP) is 2.39. The molecule has 1 saturated carbocycles. The highest BCUT2D eigenvalue weighted by Gasteiger charge is 2.61. The molecule has 5 heteroatoms. The first-order valence-electron chi connectivity index (χ1n) is 7.78. The van der Waals surface area contributed by atoms with Crippen LogP contribution in [0.5, 0.6) is 0 Å². The van der Waals surface area contributed by atoms with Crippen LogP contribution in [0.1, 0.15) is 47.0 Å². The van der Waals surface area contributed by atoms with Gasteiger partial charge in [-0.1, -0.05) is 26.8 Å². The first-order valence-corrected chi connectivity index (χ1v) is 7.78. The number of allylic oxidation sites excluding steroid dienone is 1. The molecule has 0 radical (unpaired) electrons. The van der Waals surface area contributed by atoms with Gasteiger partial charge in [0, 0.05) is 12.5 Å². The van der Waals surface area contributed by atoms with Crippen LogP contribution in [0.2, 0.25) is 0 Å². The van der Waals surface area contributed by atoms with Gasteiger partial charge in [-0.3, -0.25) is 9.59 Å². The Morgan fingerprint density at radius 3 is 2.59 bits per heavy atom. The van der Waals surface area contributed by atoms with Crippen LogP contribution in [0.3, 0.4) is 0 Å². The highest BCUT2D eigenvalue weighted by Crippen LogP contribution is 2.61. The molecule has 2 aliphatic carbocycles. The quantitative estimate of drug-likeness (QED) is 0.549. The van der Waals surface area contributed by atoms with Gasteiger partial charge < -0.3 is 9.47 Å². The van der Waals surface area contributed by atoms with Gasteiger partial charge in [-0.05, 0) is 36.0 Å². The number of carbonyl (C=O) groups is 3.